The number of nitrogens with two attached hydrogens (primary N) is 1. The lowest BCUT2D eigenvalue weighted by Gasteiger charge is -2.31. The molecule has 0 aromatic carbocycles. The van der Waals surface area contributed by atoms with Crippen LogP contribution in [0, 0.1) is 5.92 Å². The molecule has 0 spiro atoms. The third-order valence-corrected chi connectivity index (χ3v) is 3.64. The average molecular weight is 252 g/mol. The second kappa shape index (κ2) is 5.52. The lowest BCUT2D eigenvalue weighted by molar-refractivity contribution is -0.125. The van der Waals surface area contributed by atoms with Crippen LogP contribution >= 0.6 is 0 Å². The highest BCUT2D eigenvalue weighted by Gasteiger charge is 2.34. The van der Waals surface area contributed by atoms with Gasteiger partial charge in [0.15, 0.2) is 0 Å². The molecule has 0 saturated carbocycles. The number of aromatic nitrogens is 2. The molecule has 1 aromatic rings. The van der Waals surface area contributed by atoms with Crippen molar-refractivity contribution in [3.05, 3.63) is 17.5 Å². The molecule has 0 aliphatic heterocycles. The van der Waals surface area contributed by atoms with Crippen LogP contribution in [0.1, 0.15) is 39.0 Å². The predicted molar refractivity (Wildman–Crippen MR) is 71.9 cm³/mol. The molecule has 102 valence electrons. The standard InChI is InChI=1S/C13H24N4O/c1-6-11-10(8-17(5)16-11)7-15-13(4,9(2)3)12(14)18/h8-9,15H,6-7H2,1-5H3,(H2,14,18). The summed E-state index contributed by atoms with van der Waals surface area (Å²) in [6, 6.07) is 0. The molecule has 1 rings (SSSR count). The van der Waals surface area contributed by atoms with Gasteiger partial charge < -0.3 is 5.73 Å². The zero-order valence-electron chi connectivity index (χ0n) is 11.9. The van der Waals surface area contributed by atoms with Crippen molar-refractivity contribution in [2.75, 3.05) is 0 Å². The van der Waals surface area contributed by atoms with E-state index in [0.717, 1.165) is 17.7 Å². The van der Waals surface area contributed by atoms with E-state index in [1.807, 2.05) is 34.0 Å². The van der Waals surface area contributed by atoms with E-state index in [-0.39, 0.29) is 11.8 Å². The highest BCUT2D eigenvalue weighted by Crippen LogP contribution is 2.17. The molecule has 5 heteroatoms. The summed E-state index contributed by atoms with van der Waals surface area (Å²) in [5, 5.41) is 7.65. The maximum Gasteiger partial charge on any atom is 0.237 e. The molecule has 5 nitrogen and oxygen atoms in total. The normalized spacial score (nSPS) is 14.8. The molecule has 3 N–H and O–H groups in total. The molecule has 1 unspecified atom stereocenters. The highest BCUT2D eigenvalue weighted by molar-refractivity contribution is 5.84. The Morgan fingerprint density at radius 3 is 2.67 bits per heavy atom. The van der Waals surface area contributed by atoms with Crippen LogP contribution in [0.4, 0.5) is 0 Å². The van der Waals surface area contributed by atoms with E-state index < -0.39 is 5.54 Å². The van der Waals surface area contributed by atoms with E-state index >= 15 is 0 Å². The van der Waals surface area contributed by atoms with Gasteiger partial charge in [-0.3, -0.25) is 14.8 Å². The van der Waals surface area contributed by atoms with Crippen LogP contribution in [0.3, 0.4) is 0 Å². The van der Waals surface area contributed by atoms with Crippen molar-refractivity contribution >= 4 is 5.91 Å². The van der Waals surface area contributed by atoms with Crippen molar-refractivity contribution in [2.24, 2.45) is 18.7 Å². The molecule has 0 bridgehead atoms. The molecule has 1 atom stereocenters. The quantitative estimate of drug-likeness (QED) is 0.792. The Kier molecular flexibility index (Phi) is 4.51. The summed E-state index contributed by atoms with van der Waals surface area (Å²) in [4.78, 5) is 11.6. The average Bonchev–Trinajstić information content (AvgIpc) is 2.65. The first-order valence-corrected chi connectivity index (χ1v) is 6.37. The van der Waals surface area contributed by atoms with Gasteiger partial charge in [-0.25, -0.2) is 0 Å². The van der Waals surface area contributed by atoms with E-state index in [1.54, 1.807) is 4.68 Å². The Labute approximate surface area is 109 Å². The second-order valence-electron chi connectivity index (χ2n) is 5.20. The smallest absolute Gasteiger partial charge is 0.237 e. The SMILES string of the molecule is CCc1nn(C)cc1CNC(C)(C(N)=O)C(C)C. The van der Waals surface area contributed by atoms with Crippen LogP contribution in [0.2, 0.25) is 0 Å². The number of nitrogens with zero attached hydrogens (tertiary/aromatic N) is 2. The summed E-state index contributed by atoms with van der Waals surface area (Å²) in [5.74, 6) is -0.184. The van der Waals surface area contributed by atoms with Crippen molar-refractivity contribution in [3.63, 3.8) is 0 Å². The van der Waals surface area contributed by atoms with E-state index in [4.69, 9.17) is 5.73 Å². The summed E-state index contributed by atoms with van der Waals surface area (Å²) in [6.45, 7) is 8.50. The minimum absolute atomic E-state index is 0.136. The van der Waals surface area contributed by atoms with Gasteiger partial charge in [-0.2, -0.15) is 5.10 Å². The number of primary amides is 1. The number of aryl methyl sites for hydroxylation is 2. The first-order chi connectivity index (χ1) is 8.31. The number of nitrogens with one attached hydrogen (secondary N) is 1. The molecule has 0 aliphatic rings. The molecular formula is C13H24N4O. The summed E-state index contributed by atoms with van der Waals surface area (Å²) in [5.41, 5.74) is 6.97. The van der Waals surface area contributed by atoms with E-state index in [9.17, 15) is 4.79 Å². The third-order valence-electron chi connectivity index (χ3n) is 3.64. The van der Waals surface area contributed by atoms with Crippen molar-refractivity contribution < 1.29 is 4.79 Å². The fourth-order valence-corrected chi connectivity index (χ4v) is 1.88. The highest BCUT2D eigenvalue weighted by atomic mass is 16.1. The third kappa shape index (κ3) is 2.90. The zero-order chi connectivity index (χ0) is 13.9. The van der Waals surface area contributed by atoms with Gasteiger partial charge in [0.25, 0.3) is 0 Å². The Morgan fingerprint density at radius 2 is 2.22 bits per heavy atom. The van der Waals surface area contributed by atoms with Crippen LogP contribution in [0.5, 0.6) is 0 Å². The van der Waals surface area contributed by atoms with E-state index in [2.05, 4.69) is 17.3 Å². The molecule has 0 saturated heterocycles. The second-order valence-corrected chi connectivity index (χ2v) is 5.20. The minimum atomic E-state index is -0.694. The lowest BCUT2D eigenvalue weighted by atomic mass is 9.87. The summed E-state index contributed by atoms with van der Waals surface area (Å²) < 4.78 is 1.80. The van der Waals surface area contributed by atoms with Gasteiger partial charge >= 0.3 is 0 Å². The lowest BCUT2D eigenvalue weighted by Crippen LogP contribution is -2.56. The summed E-state index contributed by atoms with van der Waals surface area (Å²) in [6.07, 6.45) is 2.86. The fraction of sp³-hybridized carbons (Fsp3) is 0.692. The summed E-state index contributed by atoms with van der Waals surface area (Å²) in [7, 11) is 1.90. The first-order valence-electron chi connectivity index (χ1n) is 6.37. The number of hydrogen-bond acceptors (Lipinski definition) is 3. The van der Waals surface area contributed by atoms with Crippen molar-refractivity contribution in [2.45, 2.75) is 46.2 Å². The van der Waals surface area contributed by atoms with Crippen LogP contribution in [-0.4, -0.2) is 21.2 Å². The Bertz CT molecular complexity index is 425. The predicted octanol–water partition coefficient (Wildman–Crippen LogP) is 0.972. The molecule has 0 fully saturated rings. The number of amides is 1. The Balaban J connectivity index is 2.82. The fourth-order valence-electron chi connectivity index (χ4n) is 1.88. The van der Waals surface area contributed by atoms with E-state index in [0.29, 0.717) is 6.54 Å². The Morgan fingerprint density at radius 1 is 1.61 bits per heavy atom. The van der Waals surface area contributed by atoms with Gasteiger partial charge in [0.2, 0.25) is 5.91 Å². The van der Waals surface area contributed by atoms with E-state index in [1.165, 1.54) is 0 Å². The maximum atomic E-state index is 11.6. The van der Waals surface area contributed by atoms with Gasteiger partial charge in [0, 0.05) is 25.4 Å². The maximum absolute atomic E-state index is 11.6. The van der Waals surface area contributed by atoms with Crippen LogP contribution < -0.4 is 11.1 Å². The molecule has 1 amide bonds. The molecule has 1 heterocycles. The van der Waals surface area contributed by atoms with Crippen molar-refractivity contribution in [1.29, 1.82) is 0 Å². The molecule has 0 aliphatic carbocycles. The van der Waals surface area contributed by atoms with Gasteiger partial charge in [-0.1, -0.05) is 20.8 Å². The first kappa shape index (κ1) is 14.7. The number of carbonyl (C=O) groups is 1. The van der Waals surface area contributed by atoms with Gasteiger partial charge in [-0.05, 0) is 19.3 Å². The van der Waals surface area contributed by atoms with Crippen LogP contribution in [0.15, 0.2) is 6.20 Å². The van der Waals surface area contributed by atoms with Crippen molar-refractivity contribution in [1.82, 2.24) is 15.1 Å². The van der Waals surface area contributed by atoms with Crippen LogP contribution in [-0.2, 0) is 24.8 Å². The van der Waals surface area contributed by atoms with Gasteiger partial charge in [-0.15, -0.1) is 0 Å². The summed E-state index contributed by atoms with van der Waals surface area (Å²) >= 11 is 0. The van der Waals surface area contributed by atoms with Gasteiger partial charge in [0.1, 0.15) is 0 Å². The monoisotopic (exact) mass is 252 g/mol. The Hall–Kier alpha value is -1.36. The molecule has 18 heavy (non-hydrogen) atoms. The molecule has 1 aromatic heterocycles. The van der Waals surface area contributed by atoms with Crippen LogP contribution in [0.25, 0.3) is 0 Å². The number of hydrogen-bond donors (Lipinski definition) is 2. The number of rotatable bonds is 6. The van der Waals surface area contributed by atoms with Crippen molar-refractivity contribution in [3.8, 4) is 0 Å². The number of carbonyl (C=O) groups excluding carboxylic acids is 1. The topological polar surface area (TPSA) is 72.9 Å². The molecule has 0 radical (unpaired) electrons. The largest absolute Gasteiger partial charge is 0.368 e. The molecular weight excluding hydrogens is 228 g/mol. The van der Waals surface area contributed by atoms with Gasteiger partial charge in [0.05, 0.1) is 11.2 Å². The zero-order valence-corrected chi connectivity index (χ0v) is 11.9. The minimum Gasteiger partial charge on any atom is -0.368 e.